The standard InChI is InChI=1S/C16H21F3N2/c17-16(18,19)14-3-1-2-13(11-14)15(10-12-4-5-12)21-8-6-20-7-9-21/h1-3,11-12,15,20H,4-10H2/t15-/m0/s1. The lowest BCUT2D eigenvalue weighted by atomic mass is 9.97. The van der Waals surface area contributed by atoms with Gasteiger partial charge in [0.25, 0.3) is 0 Å². The Morgan fingerprint density at radius 3 is 2.52 bits per heavy atom. The van der Waals surface area contributed by atoms with Crippen molar-refractivity contribution in [1.82, 2.24) is 10.2 Å². The molecule has 2 fully saturated rings. The molecule has 0 amide bonds. The smallest absolute Gasteiger partial charge is 0.314 e. The average molecular weight is 298 g/mol. The normalized spacial score (nSPS) is 22.2. The number of rotatable bonds is 4. The number of halogens is 3. The van der Waals surface area contributed by atoms with E-state index < -0.39 is 11.7 Å². The molecule has 2 nitrogen and oxygen atoms in total. The fourth-order valence-electron chi connectivity index (χ4n) is 3.08. The van der Waals surface area contributed by atoms with E-state index in [1.807, 2.05) is 6.07 Å². The average Bonchev–Trinajstić information content (AvgIpc) is 3.29. The molecule has 1 aromatic carbocycles. The first kappa shape index (κ1) is 14.9. The molecule has 1 saturated heterocycles. The van der Waals surface area contributed by atoms with Crippen molar-refractivity contribution in [3.8, 4) is 0 Å². The van der Waals surface area contributed by atoms with Gasteiger partial charge in [-0.05, 0) is 30.0 Å². The summed E-state index contributed by atoms with van der Waals surface area (Å²) < 4.78 is 38.8. The van der Waals surface area contributed by atoms with Gasteiger partial charge in [0.2, 0.25) is 0 Å². The van der Waals surface area contributed by atoms with Gasteiger partial charge in [-0.25, -0.2) is 0 Å². The lowest BCUT2D eigenvalue weighted by Gasteiger charge is -2.35. The molecule has 1 aromatic rings. The zero-order chi connectivity index (χ0) is 14.9. The lowest BCUT2D eigenvalue weighted by Crippen LogP contribution is -2.45. The van der Waals surface area contributed by atoms with Crippen LogP contribution in [0.25, 0.3) is 0 Å². The van der Waals surface area contributed by atoms with Crippen LogP contribution in [0, 0.1) is 5.92 Å². The molecule has 0 aromatic heterocycles. The minimum atomic E-state index is -4.26. The number of benzene rings is 1. The predicted molar refractivity (Wildman–Crippen MR) is 76.0 cm³/mol. The first-order valence-corrected chi connectivity index (χ1v) is 7.66. The van der Waals surface area contributed by atoms with Crippen molar-refractivity contribution in [2.24, 2.45) is 5.92 Å². The van der Waals surface area contributed by atoms with Gasteiger partial charge in [0, 0.05) is 32.2 Å². The van der Waals surface area contributed by atoms with Gasteiger partial charge in [-0.1, -0.05) is 25.0 Å². The summed E-state index contributed by atoms with van der Waals surface area (Å²) in [5, 5.41) is 3.30. The first-order valence-electron chi connectivity index (χ1n) is 7.66. The highest BCUT2D eigenvalue weighted by atomic mass is 19.4. The van der Waals surface area contributed by atoms with E-state index >= 15 is 0 Å². The number of alkyl halides is 3. The van der Waals surface area contributed by atoms with Gasteiger partial charge in [-0.3, -0.25) is 4.90 Å². The maximum atomic E-state index is 12.9. The summed E-state index contributed by atoms with van der Waals surface area (Å²) >= 11 is 0. The molecule has 1 aliphatic heterocycles. The minimum Gasteiger partial charge on any atom is -0.314 e. The van der Waals surface area contributed by atoms with Crippen LogP contribution in [0.2, 0.25) is 0 Å². The molecule has 1 atom stereocenters. The van der Waals surface area contributed by atoms with Gasteiger partial charge in [0.15, 0.2) is 0 Å². The van der Waals surface area contributed by atoms with Crippen LogP contribution in [-0.4, -0.2) is 31.1 Å². The highest BCUT2D eigenvalue weighted by Gasteiger charge is 2.34. The topological polar surface area (TPSA) is 15.3 Å². The molecule has 1 heterocycles. The second-order valence-corrected chi connectivity index (χ2v) is 6.10. The molecule has 0 radical (unpaired) electrons. The fraction of sp³-hybridized carbons (Fsp3) is 0.625. The maximum Gasteiger partial charge on any atom is 0.416 e. The zero-order valence-corrected chi connectivity index (χ0v) is 12.0. The second kappa shape index (κ2) is 5.97. The van der Waals surface area contributed by atoms with E-state index in [-0.39, 0.29) is 6.04 Å². The second-order valence-electron chi connectivity index (χ2n) is 6.10. The Bertz CT molecular complexity index is 477. The monoisotopic (exact) mass is 298 g/mol. The number of hydrogen-bond acceptors (Lipinski definition) is 2. The van der Waals surface area contributed by atoms with Crippen molar-refractivity contribution < 1.29 is 13.2 Å². The third kappa shape index (κ3) is 3.77. The molecule has 1 N–H and O–H groups in total. The van der Waals surface area contributed by atoms with Crippen LogP contribution in [0.15, 0.2) is 24.3 Å². The van der Waals surface area contributed by atoms with Crippen molar-refractivity contribution in [2.75, 3.05) is 26.2 Å². The maximum absolute atomic E-state index is 12.9. The molecule has 5 heteroatoms. The molecule has 0 unspecified atom stereocenters. The molecule has 2 aliphatic rings. The highest BCUT2D eigenvalue weighted by molar-refractivity contribution is 5.28. The third-order valence-electron chi connectivity index (χ3n) is 4.44. The van der Waals surface area contributed by atoms with Crippen molar-refractivity contribution in [3.05, 3.63) is 35.4 Å². The summed E-state index contributed by atoms with van der Waals surface area (Å²) in [6.45, 7) is 3.65. The summed E-state index contributed by atoms with van der Waals surface area (Å²) in [5.41, 5.74) is 0.287. The number of hydrogen-bond donors (Lipinski definition) is 1. The van der Waals surface area contributed by atoms with Crippen molar-refractivity contribution in [2.45, 2.75) is 31.5 Å². The van der Waals surface area contributed by atoms with Gasteiger partial charge in [-0.2, -0.15) is 13.2 Å². The zero-order valence-electron chi connectivity index (χ0n) is 12.0. The molecule has 1 saturated carbocycles. The molecule has 0 bridgehead atoms. The van der Waals surface area contributed by atoms with Crippen LogP contribution in [0.3, 0.4) is 0 Å². The summed E-state index contributed by atoms with van der Waals surface area (Å²) in [6.07, 6.45) is -0.825. The van der Waals surface area contributed by atoms with E-state index in [4.69, 9.17) is 0 Å². The fourth-order valence-corrected chi connectivity index (χ4v) is 3.08. The van der Waals surface area contributed by atoms with Crippen LogP contribution in [0.1, 0.15) is 36.4 Å². The van der Waals surface area contributed by atoms with Gasteiger partial charge < -0.3 is 5.32 Å². The molecule has 21 heavy (non-hydrogen) atoms. The predicted octanol–water partition coefficient (Wildman–Crippen LogP) is 3.45. The Kier molecular flexibility index (Phi) is 4.22. The SMILES string of the molecule is FC(F)(F)c1cccc([C@H](CC2CC2)N2CCNCC2)c1. The van der Waals surface area contributed by atoms with Gasteiger partial charge >= 0.3 is 6.18 Å². The third-order valence-corrected chi connectivity index (χ3v) is 4.44. The number of nitrogens with one attached hydrogen (secondary N) is 1. The van der Waals surface area contributed by atoms with E-state index in [1.54, 1.807) is 6.07 Å². The molecule has 116 valence electrons. The molecule has 3 rings (SSSR count). The van der Waals surface area contributed by atoms with E-state index in [9.17, 15) is 13.2 Å². The Hall–Kier alpha value is -1.07. The largest absolute Gasteiger partial charge is 0.416 e. The van der Waals surface area contributed by atoms with E-state index in [1.165, 1.54) is 18.9 Å². The Morgan fingerprint density at radius 2 is 1.90 bits per heavy atom. The quantitative estimate of drug-likeness (QED) is 0.916. The minimum absolute atomic E-state index is 0.127. The summed E-state index contributed by atoms with van der Waals surface area (Å²) in [5.74, 6) is 0.694. The molecule has 0 spiro atoms. The van der Waals surface area contributed by atoms with E-state index in [0.717, 1.165) is 44.2 Å². The van der Waals surface area contributed by atoms with Crippen LogP contribution in [0.5, 0.6) is 0 Å². The Balaban J connectivity index is 1.84. The Morgan fingerprint density at radius 1 is 1.19 bits per heavy atom. The van der Waals surface area contributed by atoms with Gasteiger partial charge in [0.1, 0.15) is 0 Å². The van der Waals surface area contributed by atoms with Crippen molar-refractivity contribution >= 4 is 0 Å². The van der Waals surface area contributed by atoms with Gasteiger partial charge in [-0.15, -0.1) is 0 Å². The van der Waals surface area contributed by atoms with E-state index in [0.29, 0.717) is 5.92 Å². The van der Waals surface area contributed by atoms with Crippen molar-refractivity contribution in [3.63, 3.8) is 0 Å². The summed E-state index contributed by atoms with van der Waals surface area (Å²) in [4.78, 5) is 2.34. The summed E-state index contributed by atoms with van der Waals surface area (Å²) in [6, 6.07) is 6.02. The number of nitrogens with zero attached hydrogens (tertiary/aromatic N) is 1. The van der Waals surface area contributed by atoms with Crippen LogP contribution >= 0.6 is 0 Å². The first-order chi connectivity index (χ1) is 10.0. The summed E-state index contributed by atoms with van der Waals surface area (Å²) in [7, 11) is 0. The highest BCUT2D eigenvalue weighted by Crippen LogP contribution is 2.41. The van der Waals surface area contributed by atoms with Gasteiger partial charge in [0.05, 0.1) is 5.56 Å². The lowest BCUT2D eigenvalue weighted by molar-refractivity contribution is -0.137. The molecular weight excluding hydrogens is 277 g/mol. The molecule has 1 aliphatic carbocycles. The van der Waals surface area contributed by atoms with Crippen LogP contribution < -0.4 is 5.32 Å². The molecular formula is C16H21F3N2. The van der Waals surface area contributed by atoms with E-state index in [2.05, 4.69) is 10.2 Å². The van der Waals surface area contributed by atoms with Crippen LogP contribution in [0.4, 0.5) is 13.2 Å². The Labute approximate surface area is 123 Å². The number of piperazine rings is 1. The van der Waals surface area contributed by atoms with Crippen LogP contribution in [-0.2, 0) is 6.18 Å². The van der Waals surface area contributed by atoms with Crippen molar-refractivity contribution in [1.29, 1.82) is 0 Å².